The maximum atomic E-state index is 13.4. The zero-order chi connectivity index (χ0) is 28.0. The van der Waals surface area contributed by atoms with E-state index in [1.807, 2.05) is 33.8 Å². The van der Waals surface area contributed by atoms with Gasteiger partial charge in [0.15, 0.2) is 0 Å². The lowest BCUT2D eigenvalue weighted by Crippen LogP contribution is -2.45. The van der Waals surface area contributed by atoms with Crippen LogP contribution in [0, 0.1) is 33.6 Å². The molecule has 4 heterocycles. The average molecular weight is 560 g/mol. The van der Waals surface area contributed by atoms with Crippen LogP contribution in [0.15, 0.2) is 50.7 Å². The van der Waals surface area contributed by atoms with Gasteiger partial charge in [-0.2, -0.15) is 4.98 Å². The summed E-state index contributed by atoms with van der Waals surface area (Å²) < 4.78 is 13.3. The van der Waals surface area contributed by atoms with Gasteiger partial charge in [0.05, 0.1) is 5.69 Å². The number of aromatic nitrogens is 5. The van der Waals surface area contributed by atoms with E-state index in [4.69, 9.17) is 9.26 Å². The molecule has 1 aromatic carbocycles. The highest BCUT2D eigenvalue weighted by Crippen LogP contribution is 2.47. The topological polar surface area (TPSA) is 116 Å². The minimum absolute atomic E-state index is 0.0571. The van der Waals surface area contributed by atoms with Gasteiger partial charge in [-0.3, -0.25) is 0 Å². The van der Waals surface area contributed by atoms with Crippen molar-refractivity contribution in [3.8, 4) is 11.1 Å². The van der Waals surface area contributed by atoms with Crippen molar-refractivity contribution in [3.05, 3.63) is 69.4 Å². The minimum Gasteiger partial charge on any atom is -0.511 e. The van der Waals surface area contributed by atoms with Gasteiger partial charge in [0, 0.05) is 23.4 Å². The smallest absolute Gasteiger partial charge is 0.349 e. The summed E-state index contributed by atoms with van der Waals surface area (Å²) in [5, 5.41) is 20.1. The Balaban J connectivity index is 1.23. The number of hydrogen-bond acceptors (Lipinski definition) is 9. The molecule has 1 atom stereocenters. The number of ether oxygens (including phenoxy) is 1. The van der Waals surface area contributed by atoms with Gasteiger partial charge in [0.25, 0.3) is 5.78 Å². The van der Waals surface area contributed by atoms with Crippen LogP contribution in [0.5, 0.6) is 0 Å². The molecule has 0 saturated heterocycles. The van der Waals surface area contributed by atoms with Crippen LogP contribution >= 0.6 is 11.8 Å². The Bertz CT molecular complexity index is 1600. The molecule has 0 radical (unpaired) electrons. The van der Waals surface area contributed by atoms with Crippen molar-refractivity contribution >= 4 is 23.5 Å². The summed E-state index contributed by atoms with van der Waals surface area (Å²) in [6.45, 7) is 7.69. The molecule has 3 aromatic heterocycles. The number of hydrogen-bond donors (Lipinski definition) is 1. The highest BCUT2D eigenvalue weighted by molar-refractivity contribution is 8.03. The summed E-state index contributed by atoms with van der Waals surface area (Å²) in [7, 11) is 0. The van der Waals surface area contributed by atoms with E-state index in [0.29, 0.717) is 23.8 Å². The fourth-order valence-electron chi connectivity index (χ4n) is 6.24. The number of cyclic esters (lactones) is 1. The molecule has 1 fully saturated rings. The number of aryl methyl sites for hydroxylation is 5. The van der Waals surface area contributed by atoms with Gasteiger partial charge < -0.3 is 14.4 Å². The van der Waals surface area contributed by atoms with Crippen LogP contribution in [-0.4, -0.2) is 41.4 Å². The molecular weight excluding hydrogens is 526 g/mol. The van der Waals surface area contributed by atoms with Gasteiger partial charge in [-0.15, -0.1) is 5.10 Å². The third-order valence-corrected chi connectivity index (χ3v) is 9.18. The van der Waals surface area contributed by atoms with Crippen molar-refractivity contribution < 1.29 is 19.2 Å². The number of aliphatic hydroxyl groups is 1. The summed E-state index contributed by atoms with van der Waals surface area (Å²) in [4.78, 5) is 22.5. The number of rotatable bonds is 7. The summed E-state index contributed by atoms with van der Waals surface area (Å²) in [6, 6.07) is 10.3. The van der Waals surface area contributed by atoms with E-state index in [1.54, 1.807) is 4.52 Å². The maximum Gasteiger partial charge on any atom is 0.349 e. The van der Waals surface area contributed by atoms with Crippen molar-refractivity contribution in [3.63, 3.8) is 0 Å². The molecule has 0 bridgehead atoms. The quantitative estimate of drug-likeness (QED) is 0.257. The Morgan fingerprint density at radius 2 is 1.85 bits per heavy atom. The number of esters is 1. The number of fused-ring (bicyclic) bond motifs is 1. The van der Waals surface area contributed by atoms with Crippen LogP contribution < -0.4 is 0 Å². The average Bonchev–Trinajstić information content (AvgIpc) is 3.66. The molecule has 6 rings (SSSR count). The fourth-order valence-corrected chi connectivity index (χ4v) is 6.99. The highest BCUT2D eigenvalue weighted by atomic mass is 32.2. The molecule has 1 aliphatic carbocycles. The van der Waals surface area contributed by atoms with Crippen molar-refractivity contribution in [1.82, 2.24) is 24.7 Å². The van der Waals surface area contributed by atoms with Crippen LogP contribution in [0.1, 0.15) is 66.9 Å². The first-order valence-electron chi connectivity index (χ1n) is 13.8. The van der Waals surface area contributed by atoms with E-state index in [-0.39, 0.29) is 16.6 Å². The van der Waals surface area contributed by atoms with Crippen molar-refractivity contribution in [2.75, 3.05) is 0 Å². The Kier molecular flexibility index (Phi) is 6.90. The number of carbonyl (C=O) groups excluding carboxylic acids is 1. The van der Waals surface area contributed by atoms with Crippen LogP contribution in [0.4, 0.5) is 0 Å². The SMILES string of the molecule is Cc1cc(C)n2nc(SC3=C(O)CC(CCc4ccc(-c5c(C)noc5C)cc4)(C4CCCC4)OC3=O)nc2n1. The summed E-state index contributed by atoms with van der Waals surface area (Å²) in [5.74, 6) is 1.03. The molecule has 4 aromatic rings. The number of aliphatic hydroxyl groups excluding tert-OH is 1. The molecule has 1 N–H and O–H groups in total. The molecule has 40 heavy (non-hydrogen) atoms. The van der Waals surface area contributed by atoms with E-state index in [0.717, 1.165) is 83.4 Å². The van der Waals surface area contributed by atoms with Crippen LogP contribution in [0.3, 0.4) is 0 Å². The Labute approximate surface area is 237 Å². The van der Waals surface area contributed by atoms with E-state index in [9.17, 15) is 9.90 Å². The van der Waals surface area contributed by atoms with Crippen molar-refractivity contribution in [1.29, 1.82) is 0 Å². The van der Waals surface area contributed by atoms with Gasteiger partial charge in [-0.1, -0.05) is 42.3 Å². The van der Waals surface area contributed by atoms with Crippen LogP contribution in [0.2, 0.25) is 0 Å². The third-order valence-electron chi connectivity index (χ3n) is 8.21. The summed E-state index contributed by atoms with van der Waals surface area (Å²) in [5.41, 5.74) is 5.12. The molecule has 2 aliphatic rings. The zero-order valence-electron chi connectivity index (χ0n) is 23.2. The molecule has 208 valence electrons. The maximum absolute atomic E-state index is 13.4. The van der Waals surface area contributed by atoms with Crippen molar-refractivity contribution in [2.24, 2.45) is 5.92 Å². The molecule has 1 saturated carbocycles. The van der Waals surface area contributed by atoms with Gasteiger partial charge in [0.2, 0.25) is 5.16 Å². The molecule has 10 heteroatoms. The lowest BCUT2D eigenvalue weighted by Gasteiger charge is -2.41. The largest absolute Gasteiger partial charge is 0.511 e. The Morgan fingerprint density at radius 3 is 2.52 bits per heavy atom. The van der Waals surface area contributed by atoms with Crippen molar-refractivity contribution in [2.45, 2.75) is 83.4 Å². The van der Waals surface area contributed by atoms with Gasteiger partial charge in [-0.05, 0) is 88.3 Å². The molecule has 0 amide bonds. The van der Waals surface area contributed by atoms with Gasteiger partial charge >= 0.3 is 5.97 Å². The lowest BCUT2D eigenvalue weighted by atomic mass is 9.77. The van der Waals surface area contributed by atoms with Gasteiger partial charge in [-0.25, -0.2) is 14.3 Å². The Hall–Kier alpha value is -3.66. The molecule has 1 aliphatic heterocycles. The first-order chi connectivity index (χ1) is 19.2. The predicted molar refractivity (Wildman–Crippen MR) is 151 cm³/mol. The number of nitrogens with zero attached hydrogens (tertiary/aromatic N) is 5. The molecule has 9 nitrogen and oxygen atoms in total. The lowest BCUT2D eigenvalue weighted by molar-refractivity contribution is -0.166. The van der Waals surface area contributed by atoms with Crippen LogP contribution in [-0.2, 0) is 16.0 Å². The number of carbonyl (C=O) groups is 1. The monoisotopic (exact) mass is 559 g/mol. The number of thioether (sulfide) groups is 1. The minimum atomic E-state index is -0.732. The van der Waals surface area contributed by atoms with E-state index in [2.05, 4.69) is 44.5 Å². The van der Waals surface area contributed by atoms with E-state index in [1.165, 1.54) is 0 Å². The van der Waals surface area contributed by atoms with Gasteiger partial charge in [0.1, 0.15) is 22.0 Å². The molecule has 0 spiro atoms. The predicted octanol–water partition coefficient (Wildman–Crippen LogP) is 6.38. The normalized spacial score (nSPS) is 20.1. The second-order valence-corrected chi connectivity index (χ2v) is 12.0. The van der Waals surface area contributed by atoms with Crippen LogP contribution in [0.25, 0.3) is 16.9 Å². The fraction of sp³-hybridized carbons (Fsp3) is 0.433. The molecular formula is C30H33N5O4S. The first kappa shape index (κ1) is 26.6. The van der Waals surface area contributed by atoms with E-state index < -0.39 is 11.6 Å². The standard InChI is InChI=1S/C30H33N5O4S/c1-17-15-18(2)35-28(31-17)32-29(33-35)40-26-24(36)16-30(38-27(26)37,23-7-5-6-8-23)14-13-21-9-11-22(12-10-21)25-19(3)34-39-20(25)4/h9-12,15,23,36H,5-8,13-14,16H2,1-4H3. The zero-order valence-corrected chi connectivity index (χ0v) is 24.0. The highest BCUT2D eigenvalue weighted by Gasteiger charge is 2.48. The molecule has 1 unspecified atom stereocenters. The third kappa shape index (κ3) is 4.89. The second-order valence-electron chi connectivity index (χ2n) is 11.0. The number of benzene rings is 1. The summed E-state index contributed by atoms with van der Waals surface area (Å²) in [6.07, 6.45) is 5.88. The summed E-state index contributed by atoms with van der Waals surface area (Å²) >= 11 is 1.04. The van der Waals surface area contributed by atoms with E-state index >= 15 is 0 Å². The first-order valence-corrected chi connectivity index (χ1v) is 14.6. The second kappa shape index (κ2) is 10.4. The Morgan fingerprint density at radius 1 is 1.10 bits per heavy atom.